The molecule has 160 valence electrons. The Morgan fingerprint density at radius 2 is 1.84 bits per heavy atom. The SMILES string of the molecule is COc1ccc(-c2ccnc(Nc3ccc(N4CCS(O)(O)CC4)cc3)n2)cc1C#N. The molecule has 3 N–H and O–H groups in total. The van der Waals surface area contributed by atoms with Gasteiger partial charge in [0, 0.05) is 36.2 Å². The van der Waals surface area contributed by atoms with Gasteiger partial charge in [0.15, 0.2) is 0 Å². The molecule has 0 unspecified atom stereocenters. The van der Waals surface area contributed by atoms with Crippen LogP contribution in [-0.2, 0) is 0 Å². The van der Waals surface area contributed by atoms with Gasteiger partial charge >= 0.3 is 0 Å². The molecule has 0 radical (unpaired) electrons. The molecule has 9 heteroatoms. The van der Waals surface area contributed by atoms with Crippen LogP contribution in [0.3, 0.4) is 0 Å². The molecular formula is C22H23N5O3S. The zero-order valence-corrected chi connectivity index (χ0v) is 17.8. The Balaban J connectivity index is 1.48. The van der Waals surface area contributed by atoms with E-state index in [1.165, 1.54) is 7.11 Å². The van der Waals surface area contributed by atoms with E-state index in [-0.39, 0.29) is 0 Å². The molecule has 1 aromatic heterocycles. The highest BCUT2D eigenvalue weighted by molar-refractivity contribution is 8.24. The summed E-state index contributed by atoms with van der Waals surface area (Å²) in [5.74, 6) is 1.79. The van der Waals surface area contributed by atoms with Crippen molar-refractivity contribution < 1.29 is 13.8 Å². The van der Waals surface area contributed by atoms with Crippen LogP contribution in [0.1, 0.15) is 5.56 Å². The molecule has 31 heavy (non-hydrogen) atoms. The summed E-state index contributed by atoms with van der Waals surface area (Å²) in [6.45, 7) is 1.26. The van der Waals surface area contributed by atoms with Crippen LogP contribution in [0, 0.1) is 11.3 Å². The van der Waals surface area contributed by atoms with Gasteiger partial charge in [-0.1, -0.05) is 0 Å². The maximum atomic E-state index is 9.77. The molecule has 0 atom stereocenters. The van der Waals surface area contributed by atoms with Gasteiger partial charge in [-0.3, -0.25) is 9.11 Å². The van der Waals surface area contributed by atoms with Crippen LogP contribution >= 0.6 is 10.6 Å². The molecule has 3 aromatic rings. The fraction of sp³-hybridized carbons (Fsp3) is 0.227. The van der Waals surface area contributed by atoms with Gasteiger partial charge < -0.3 is 15.0 Å². The van der Waals surface area contributed by atoms with Gasteiger partial charge in [0.05, 0.1) is 29.9 Å². The minimum atomic E-state index is -2.40. The van der Waals surface area contributed by atoms with E-state index in [1.54, 1.807) is 24.4 Å². The molecule has 2 heterocycles. The second kappa shape index (κ2) is 8.81. The average molecular weight is 438 g/mol. The van der Waals surface area contributed by atoms with Crippen LogP contribution in [0.2, 0.25) is 0 Å². The van der Waals surface area contributed by atoms with Crippen molar-refractivity contribution in [1.82, 2.24) is 9.97 Å². The number of nitrogens with one attached hydrogen (secondary N) is 1. The molecule has 1 fully saturated rings. The molecule has 2 aromatic carbocycles. The van der Waals surface area contributed by atoms with Crippen molar-refractivity contribution in [2.75, 3.05) is 41.9 Å². The van der Waals surface area contributed by atoms with Crippen LogP contribution in [0.4, 0.5) is 17.3 Å². The average Bonchev–Trinajstić information content (AvgIpc) is 2.79. The van der Waals surface area contributed by atoms with Crippen molar-refractivity contribution in [1.29, 1.82) is 5.26 Å². The highest BCUT2D eigenvalue weighted by atomic mass is 32.3. The Kier molecular flexibility index (Phi) is 5.95. The van der Waals surface area contributed by atoms with Crippen molar-refractivity contribution in [3.63, 3.8) is 0 Å². The summed E-state index contributed by atoms with van der Waals surface area (Å²) in [6, 6.07) is 17.1. The number of nitriles is 1. The standard InChI is InChI=1S/C22H23N5O3S/c1-30-21-7-2-16(14-17(21)15-23)20-8-9-24-22(26-20)25-18-3-5-19(6-4-18)27-10-12-31(28,29)13-11-27/h2-9,14,28-29H,10-13H2,1H3,(H,24,25,26). The van der Waals surface area contributed by atoms with Gasteiger partial charge in [-0.15, -0.1) is 0 Å². The summed E-state index contributed by atoms with van der Waals surface area (Å²) in [4.78, 5) is 11.0. The number of rotatable bonds is 5. The number of anilines is 3. The minimum absolute atomic E-state index is 0.409. The first kappa shape index (κ1) is 20.9. The van der Waals surface area contributed by atoms with Gasteiger partial charge in [0.25, 0.3) is 0 Å². The van der Waals surface area contributed by atoms with E-state index in [9.17, 15) is 14.4 Å². The normalized spacial score (nSPS) is 16.3. The fourth-order valence-corrected chi connectivity index (χ4v) is 4.63. The van der Waals surface area contributed by atoms with E-state index in [0.717, 1.165) is 16.9 Å². The topological polar surface area (TPSA) is 115 Å². The van der Waals surface area contributed by atoms with Gasteiger partial charge in [-0.05, 0) is 48.5 Å². The van der Waals surface area contributed by atoms with Crippen molar-refractivity contribution in [2.24, 2.45) is 0 Å². The van der Waals surface area contributed by atoms with Crippen LogP contribution in [0.15, 0.2) is 54.7 Å². The first-order valence-corrected chi connectivity index (χ1v) is 11.6. The summed E-state index contributed by atoms with van der Waals surface area (Å²) >= 11 is 0. The third-order valence-corrected chi connectivity index (χ3v) is 6.81. The first-order valence-electron chi connectivity index (χ1n) is 9.74. The van der Waals surface area contributed by atoms with E-state index in [2.05, 4.69) is 26.3 Å². The second-order valence-corrected chi connectivity index (χ2v) is 9.58. The van der Waals surface area contributed by atoms with Gasteiger partial charge in [-0.25, -0.2) is 9.97 Å². The van der Waals surface area contributed by atoms with E-state index >= 15 is 0 Å². The number of methoxy groups -OCH3 is 1. The molecular weight excluding hydrogens is 414 g/mol. The van der Waals surface area contributed by atoms with E-state index in [0.29, 0.717) is 47.6 Å². The summed E-state index contributed by atoms with van der Waals surface area (Å²) in [7, 11) is -0.869. The van der Waals surface area contributed by atoms with E-state index < -0.39 is 10.6 Å². The molecule has 1 aliphatic heterocycles. The lowest BCUT2D eigenvalue weighted by Crippen LogP contribution is -2.38. The predicted octanol–water partition coefficient (Wildman–Crippen LogP) is 4.34. The maximum absolute atomic E-state index is 9.77. The van der Waals surface area contributed by atoms with Crippen LogP contribution in [-0.4, -0.2) is 50.8 Å². The predicted molar refractivity (Wildman–Crippen MR) is 123 cm³/mol. The Bertz CT molecular complexity index is 1100. The second-order valence-electron chi connectivity index (χ2n) is 7.16. The third kappa shape index (κ3) is 4.88. The lowest BCUT2D eigenvalue weighted by Gasteiger charge is -2.41. The quantitative estimate of drug-likeness (QED) is 0.540. The highest BCUT2D eigenvalue weighted by Gasteiger charge is 2.22. The van der Waals surface area contributed by atoms with Gasteiger partial charge in [0.2, 0.25) is 5.95 Å². The van der Waals surface area contributed by atoms with Gasteiger partial charge in [0.1, 0.15) is 11.8 Å². The molecule has 0 spiro atoms. The fourth-order valence-electron chi connectivity index (χ4n) is 3.40. The monoisotopic (exact) mass is 437 g/mol. The van der Waals surface area contributed by atoms with Crippen LogP contribution in [0.25, 0.3) is 11.3 Å². The van der Waals surface area contributed by atoms with E-state index in [4.69, 9.17) is 4.74 Å². The van der Waals surface area contributed by atoms with Crippen molar-refractivity contribution in [2.45, 2.75) is 0 Å². The maximum Gasteiger partial charge on any atom is 0.227 e. The first-order chi connectivity index (χ1) is 15.0. The van der Waals surface area contributed by atoms with Crippen molar-refractivity contribution in [3.05, 3.63) is 60.3 Å². The zero-order valence-electron chi connectivity index (χ0n) is 17.0. The van der Waals surface area contributed by atoms with Crippen molar-refractivity contribution in [3.8, 4) is 23.1 Å². The zero-order chi connectivity index (χ0) is 21.8. The molecule has 1 saturated heterocycles. The lowest BCUT2D eigenvalue weighted by atomic mass is 10.1. The van der Waals surface area contributed by atoms with E-state index in [1.807, 2.05) is 30.3 Å². The summed E-state index contributed by atoms with van der Waals surface area (Å²) in [5.41, 5.74) is 3.82. The van der Waals surface area contributed by atoms with Crippen LogP contribution in [0.5, 0.6) is 5.75 Å². The Hall–Kier alpha value is -3.32. The lowest BCUT2D eigenvalue weighted by molar-refractivity contribution is 0.413. The summed E-state index contributed by atoms with van der Waals surface area (Å²) in [6.07, 6.45) is 1.67. The number of ether oxygens (including phenoxy) is 1. The molecule has 0 aliphatic carbocycles. The van der Waals surface area contributed by atoms with Crippen LogP contribution < -0.4 is 15.0 Å². The molecule has 0 bridgehead atoms. The summed E-state index contributed by atoms with van der Waals surface area (Å²) < 4.78 is 24.7. The number of nitrogens with zero attached hydrogens (tertiary/aromatic N) is 4. The molecule has 1 aliphatic rings. The number of hydrogen-bond acceptors (Lipinski definition) is 8. The smallest absolute Gasteiger partial charge is 0.227 e. The van der Waals surface area contributed by atoms with Gasteiger partial charge in [-0.2, -0.15) is 15.9 Å². The van der Waals surface area contributed by atoms with Crippen molar-refractivity contribution >= 4 is 27.9 Å². The Morgan fingerprint density at radius 3 is 2.52 bits per heavy atom. The third-order valence-electron chi connectivity index (χ3n) is 5.14. The molecule has 0 saturated carbocycles. The largest absolute Gasteiger partial charge is 0.495 e. The molecule has 0 amide bonds. The number of hydrogen-bond donors (Lipinski definition) is 3. The molecule has 8 nitrogen and oxygen atoms in total. The number of benzene rings is 2. The highest BCUT2D eigenvalue weighted by Crippen LogP contribution is 2.41. The minimum Gasteiger partial charge on any atom is -0.495 e. The molecule has 4 rings (SSSR count). The number of aromatic nitrogens is 2. The Labute approximate surface area is 182 Å². The summed E-state index contributed by atoms with van der Waals surface area (Å²) in [5, 5.41) is 12.5. The Morgan fingerprint density at radius 1 is 1.10 bits per heavy atom.